The van der Waals surface area contributed by atoms with Gasteiger partial charge in [-0.05, 0) is 26.3 Å². The molecule has 3 rings (SSSR count). The van der Waals surface area contributed by atoms with Crippen molar-refractivity contribution in [3.8, 4) is 0 Å². The van der Waals surface area contributed by atoms with E-state index in [4.69, 9.17) is 18.9 Å². The van der Waals surface area contributed by atoms with Gasteiger partial charge in [0.25, 0.3) is 0 Å². The lowest BCUT2D eigenvalue weighted by atomic mass is 9.86. The highest BCUT2D eigenvalue weighted by molar-refractivity contribution is 5.15. The minimum absolute atomic E-state index is 0.0756. The van der Waals surface area contributed by atoms with Gasteiger partial charge in [0.2, 0.25) is 11.6 Å². The van der Waals surface area contributed by atoms with Crippen LogP contribution in [0.25, 0.3) is 0 Å². The molecular formula is C20H31NO5. The van der Waals surface area contributed by atoms with E-state index in [1.807, 2.05) is 39.0 Å². The number of benzene rings is 1. The first-order chi connectivity index (χ1) is 12.3. The van der Waals surface area contributed by atoms with Crippen LogP contribution in [-0.2, 0) is 25.5 Å². The molecular weight excluding hydrogens is 334 g/mol. The predicted octanol–water partition coefficient (Wildman–Crippen LogP) is 2.01. The fourth-order valence-electron chi connectivity index (χ4n) is 4.01. The van der Waals surface area contributed by atoms with E-state index >= 15 is 0 Å². The van der Waals surface area contributed by atoms with Crippen LogP contribution >= 0.6 is 0 Å². The highest BCUT2D eigenvalue weighted by Crippen LogP contribution is 2.43. The molecule has 2 fully saturated rings. The van der Waals surface area contributed by atoms with E-state index in [9.17, 15) is 5.11 Å². The summed E-state index contributed by atoms with van der Waals surface area (Å²) in [5.41, 5.74) is 1.24. The van der Waals surface area contributed by atoms with Crippen molar-refractivity contribution in [1.82, 2.24) is 4.90 Å². The molecule has 1 N–H and O–H groups in total. The zero-order chi connectivity index (χ0) is 18.9. The van der Waals surface area contributed by atoms with Crippen LogP contribution < -0.4 is 0 Å². The molecule has 146 valence electrons. The summed E-state index contributed by atoms with van der Waals surface area (Å²) in [6.07, 6.45) is -0.979. The van der Waals surface area contributed by atoms with Crippen molar-refractivity contribution in [1.29, 1.82) is 0 Å². The standard InChI is InChI=1S/C20H31NO5/c1-14(22)16-12-21(11-15-9-7-6-8-10-15)13-17-18(16)26-20(3,24-5)19(2,23-4)25-17/h6-10,14,16-18,22H,11-13H2,1-5H3/t14-,16-,17-,18-,19+,20+/m1/s1. The summed E-state index contributed by atoms with van der Waals surface area (Å²) in [6, 6.07) is 10.3. The molecule has 0 saturated carbocycles. The Kier molecular flexibility index (Phi) is 5.72. The predicted molar refractivity (Wildman–Crippen MR) is 97.5 cm³/mol. The fraction of sp³-hybridized carbons (Fsp3) is 0.700. The zero-order valence-corrected chi connectivity index (χ0v) is 16.3. The van der Waals surface area contributed by atoms with Gasteiger partial charge in [0.15, 0.2) is 0 Å². The van der Waals surface area contributed by atoms with Gasteiger partial charge in [-0.1, -0.05) is 30.3 Å². The highest BCUT2D eigenvalue weighted by Gasteiger charge is 2.59. The summed E-state index contributed by atoms with van der Waals surface area (Å²) in [5.74, 6) is -2.15. The molecule has 6 atom stereocenters. The molecule has 1 aromatic carbocycles. The van der Waals surface area contributed by atoms with E-state index in [2.05, 4.69) is 17.0 Å². The van der Waals surface area contributed by atoms with Gasteiger partial charge in [-0.2, -0.15) is 0 Å². The van der Waals surface area contributed by atoms with E-state index in [0.717, 1.165) is 13.1 Å². The van der Waals surface area contributed by atoms with Gasteiger partial charge in [0, 0.05) is 39.8 Å². The lowest BCUT2D eigenvalue weighted by molar-refractivity contribution is -0.458. The number of nitrogens with zero attached hydrogens (tertiary/aromatic N) is 1. The van der Waals surface area contributed by atoms with Gasteiger partial charge in [0.1, 0.15) is 6.10 Å². The molecule has 0 unspecified atom stereocenters. The largest absolute Gasteiger partial charge is 0.393 e. The number of piperidine rings is 1. The summed E-state index contributed by atoms with van der Waals surface area (Å²) >= 11 is 0. The monoisotopic (exact) mass is 365 g/mol. The highest BCUT2D eigenvalue weighted by atomic mass is 16.8. The van der Waals surface area contributed by atoms with Crippen LogP contribution in [-0.4, -0.2) is 67.2 Å². The Balaban J connectivity index is 1.83. The Bertz CT molecular complexity index is 597. The van der Waals surface area contributed by atoms with Crippen LogP contribution in [0.1, 0.15) is 26.3 Å². The number of aliphatic hydroxyl groups is 1. The van der Waals surface area contributed by atoms with Crippen molar-refractivity contribution in [2.45, 2.75) is 57.2 Å². The van der Waals surface area contributed by atoms with Gasteiger partial charge < -0.3 is 24.1 Å². The van der Waals surface area contributed by atoms with E-state index in [-0.39, 0.29) is 18.1 Å². The van der Waals surface area contributed by atoms with Gasteiger partial charge in [-0.25, -0.2) is 0 Å². The molecule has 1 aromatic rings. The second kappa shape index (κ2) is 7.54. The van der Waals surface area contributed by atoms with Crippen molar-refractivity contribution in [3.05, 3.63) is 35.9 Å². The first-order valence-corrected chi connectivity index (χ1v) is 9.22. The van der Waals surface area contributed by atoms with Crippen molar-refractivity contribution in [3.63, 3.8) is 0 Å². The summed E-state index contributed by atoms with van der Waals surface area (Å²) in [5, 5.41) is 10.4. The normalized spacial score (nSPS) is 39.4. The van der Waals surface area contributed by atoms with Gasteiger partial charge in [0.05, 0.1) is 12.2 Å². The smallest absolute Gasteiger partial charge is 0.220 e. The number of rotatable bonds is 5. The second-order valence-electron chi connectivity index (χ2n) is 7.62. The van der Waals surface area contributed by atoms with Crippen LogP contribution in [0.15, 0.2) is 30.3 Å². The third kappa shape index (κ3) is 3.54. The third-order valence-electron chi connectivity index (χ3n) is 5.91. The minimum atomic E-state index is -1.04. The van der Waals surface area contributed by atoms with Crippen molar-refractivity contribution >= 4 is 0 Å². The summed E-state index contributed by atoms with van der Waals surface area (Å²) in [6.45, 7) is 7.72. The molecule has 2 saturated heterocycles. The molecule has 0 radical (unpaired) electrons. The number of likely N-dealkylation sites (tertiary alicyclic amines) is 1. The average Bonchev–Trinajstić information content (AvgIpc) is 2.63. The van der Waals surface area contributed by atoms with Gasteiger partial charge in [-0.15, -0.1) is 0 Å². The van der Waals surface area contributed by atoms with E-state index in [0.29, 0.717) is 6.54 Å². The number of methoxy groups -OCH3 is 2. The quantitative estimate of drug-likeness (QED) is 0.861. The number of hydrogen-bond donors (Lipinski definition) is 1. The molecule has 0 aliphatic carbocycles. The first kappa shape index (κ1) is 19.7. The molecule has 6 heteroatoms. The Morgan fingerprint density at radius 2 is 1.73 bits per heavy atom. The number of fused-ring (bicyclic) bond motifs is 1. The molecule has 0 spiro atoms. The van der Waals surface area contributed by atoms with Gasteiger partial charge >= 0.3 is 0 Å². The minimum Gasteiger partial charge on any atom is -0.393 e. The molecule has 0 aromatic heterocycles. The van der Waals surface area contributed by atoms with Crippen LogP contribution in [0, 0.1) is 5.92 Å². The van der Waals surface area contributed by atoms with Crippen molar-refractivity contribution in [2.24, 2.45) is 5.92 Å². The van der Waals surface area contributed by atoms with E-state index < -0.39 is 17.7 Å². The maximum atomic E-state index is 10.4. The second-order valence-corrected chi connectivity index (χ2v) is 7.62. The topological polar surface area (TPSA) is 60.4 Å². The maximum Gasteiger partial charge on any atom is 0.220 e. The number of aliphatic hydroxyl groups excluding tert-OH is 1. The number of ether oxygens (including phenoxy) is 4. The third-order valence-corrected chi connectivity index (χ3v) is 5.91. The van der Waals surface area contributed by atoms with Crippen molar-refractivity contribution in [2.75, 3.05) is 27.3 Å². The molecule has 2 heterocycles. The van der Waals surface area contributed by atoms with Crippen molar-refractivity contribution < 1.29 is 24.1 Å². The fourth-order valence-corrected chi connectivity index (χ4v) is 4.01. The Morgan fingerprint density at radius 1 is 1.12 bits per heavy atom. The summed E-state index contributed by atoms with van der Waals surface area (Å²) < 4.78 is 24.0. The van der Waals surface area contributed by atoms with Crippen LogP contribution in [0.2, 0.25) is 0 Å². The zero-order valence-electron chi connectivity index (χ0n) is 16.3. The molecule has 2 aliphatic rings. The van der Waals surface area contributed by atoms with Crippen LogP contribution in [0.4, 0.5) is 0 Å². The lowest BCUT2D eigenvalue weighted by Crippen LogP contribution is -2.70. The van der Waals surface area contributed by atoms with Crippen LogP contribution in [0.3, 0.4) is 0 Å². The molecule has 2 aliphatic heterocycles. The van der Waals surface area contributed by atoms with Gasteiger partial charge in [-0.3, -0.25) is 4.90 Å². The molecule has 0 bridgehead atoms. The van der Waals surface area contributed by atoms with E-state index in [1.165, 1.54) is 5.56 Å². The summed E-state index contributed by atoms with van der Waals surface area (Å²) in [7, 11) is 3.18. The molecule has 26 heavy (non-hydrogen) atoms. The maximum absolute atomic E-state index is 10.4. The van der Waals surface area contributed by atoms with E-state index in [1.54, 1.807) is 14.2 Å². The molecule has 0 amide bonds. The summed E-state index contributed by atoms with van der Waals surface area (Å²) in [4.78, 5) is 2.31. The Labute approximate surface area is 156 Å². The van der Waals surface area contributed by atoms with Crippen LogP contribution in [0.5, 0.6) is 0 Å². The lowest BCUT2D eigenvalue weighted by Gasteiger charge is -2.56. The SMILES string of the molecule is CO[C@@]1(C)O[C@@H]2[C@@H]([C@@H](C)O)CN(Cc3ccccc3)C[C@H]2O[C@]1(C)OC. The Morgan fingerprint density at radius 3 is 2.31 bits per heavy atom. The Hall–Kier alpha value is -1.02. The first-order valence-electron chi connectivity index (χ1n) is 9.22. The number of hydrogen-bond acceptors (Lipinski definition) is 6. The average molecular weight is 365 g/mol. The molecule has 6 nitrogen and oxygen atoms in total.